The summed E-state index contributed by atoms with van der Waals surface area (Å²) in [5, 5.41) is 9.54. The van der Waals surface area contributed by atoms with Gasteiger partial charge in [0.15, 0.2) is 0 Å². The maximum Gasteiger partial charge on any atom is 0.242 e. The van der Waals surface area contributed by atoms with Crippen LogP contribution in [0.3, 0.4) is 0 Å². The summed E-state index contributed by atoms with van der Waals surface area (Å²) in [6.07, 6.45) is 0. The largest absolute Gasteiger partial charge is 0.324 e. The van der Waals surface area contributed by atoms with E-state index in [0.29, 0.717) is 12.6 Å². The zero-order chi connectivity index (χ0) is 13.1. The summed E-state index contributed by atoms with van der Waals surface area (Å²) in [4.78, 5) is 12.1. The minimum absolute atomic E-state index is 0.0306. The van der Waals surface area contributed by atoms with Gasteiger partial charge < -0.3 is 16.0 Å². The monoisotopic (exact) mass is 247 g/mol. The molecule has 1 aromatic rings. The molecule has 1 aliphatic heterocycles. The summed E-state index contributed by atoms with van der Waals surface area (Å²) in [5.74, 6) is 0.0306. The predicted octanol–water partition coefficient (Wildman–Crippen LogP) is 1.19. The summed E-state index contributed by atoms with van der Waals surface area (Å²) < 4.78 is 0. The van der Waals surface area contributed by atoms with Gasteiger partial charge in [0, 0.05) is 24.8 Å². The quantitative estimate of drug-likeness (QED) is 0.736. The molecule has 1 aromatic carbocycles. The molecule has 2 rings (SSSR count). The van der Waals surface area contributed by atoms with Gasteiger partial charge in [-0.2, -0.15) is 0 Å². The van der Waals surface area contributed by atoms with Crippen molar-refractivity contribution in [2.45, 2.75) is 32.9 Å². The molecule has 2 unspecified atom stereocenters. The highest BCUT2D eigenvalue weighted by molar-refractivity contribution is 5.95. The number of amides is 1. The van der Waals surface area contributed by atoms with Gasteiger partial charge in [-0.15, -0.1) is 0 Å². The number of piperazine rings is 1. The first kappa shape index (κ1) is 13.1. The molecule has 2 atom stereocenters. The minimum atomic E-state index is -0.152. The third-order valence-electron chi connectivity index (χ3n) is 3.52. The Morgan fingerprint density at radius 3 is 2.72 bits per heavy atom. The van der Waals surface area contributed by atoms with Gasteiger partial charge >= 0.3 is 0 Å². The van der Waals surface area contributed by atoms with Crippen molar-refractivity contribution in [1.29, 1.82) is 0 Å². The van der Waals surface area contributed by atoms with Crippen LogP contribution in [0.15, 0.2) is 18.2 Å². The van der Waals surface area contributed by atoms with Gasteiger partial charge in [-0.3, -0.25) is 4.79 Å². The fourth-order valence-electron chi connectivity index (χ4n) is 2.07. The number of benzene rings is 1. The molecule has 3 N–H and O–H groups in total. The number of carbonyl (C=O) groups is 1. The number of nitrogens with one attached hydrogen (secondary N) is 3. The Morgan fingerprint density at radius 2 is 2.06 bits per heavy atom. The van der Waals surface area contributed by atoms with E-state index in [0.717, 1.165) is 17.8 Å². The summed E-state index contributed by atoms with van der Waals surface area (Å²) in [6, 6.07) is 6.23. The molecule has 0 bridgehead atoms. The smallest absolute Gasteiger partial charge is 0.242 e. The fraction of sp³-hybridized carbons (Fsp3) is 0.500. The van der Waals surface area contributed by atoms with Crippen molar-refractivity contribution in [3.63, 3.8) is 0 Å². The van der Waals surface area contributed by atoms with Crippen LogP contribution in [-0.4, -0.2) is 31.1 Å². The summed E-state index contributed by atoms with van der Waals surface area (Å²) >= 11 is 0. The average molecular weight is 247 g/mol. The standard InChI is InChI=1S/C14H21N3O/c1-9-5-4-6-12(11(9)3)17-14(18)13-8-15-10(2)7-16-13/h4-6,10,13,15-16H,7-8H2,1-3H3,(H,17,18). The average Bonchev–Trinajstić information content (AvgIpc) is 2.36. The lowest BCUT2D eigenvalue weighted by Crippen LogP contribution is -2.57. The highest BCUT2D eigenvalue weighted by Gasteiger charge is 2.23. The Balaban J connectivity index is 2.01. The Morgan fingerprint density at radius 1 is 1.28 bits per heavy atom. The zero-order valence-corrected chi connectivity index (χ0v) is 11.2. The number of anilines is 1. The second kappa shape index (κ2) is 5.50. The lowest BCUT2D eigenvalue weighted by atomic mass is 10.1. The van der Waals surface area contributed by atoms with Gasteiger partial charge in [0.05, 0.1) is 6.04 Å². The van der Waals surface area contributed by atoms with Gasteiger partial charge in [-0.1, -0.05) is 12.1 Å². The third kappa shape index (κ3) is 2.89. The number of rotatable bonds is 2. The molecule has 1 amide bonds. The van der Waals surface area contributed by atoms with Crippen LogP contribution < -0.4 is 16.0 Å². The maximum absolute atomic E-state index is 12.1. The lowest BCUT2D eigenvalue weighted by molar-refractivity contribution is -0.118. The molecule has 0 aromatic heterocycles. The molecule has 1 fully saturated rings. The highest BCUT2D eigenvalue weighted by atomic mass is 16.2. The molecule has 4 heteroatoms. The molecule has 0 saturated carbocycles. The maximum atomic E-state index is 12.1. The van der Waals surface area contributed by atoms with Crippen molar-refractivity contribution < 1.29 is 4.79 Å². The summed E-state index contributed by atoms with van der Waals surface area (Å²) in [5.41, 5.74) is 3.22. The summed E-state index contributed by atoms with van der Waals surface area (Å²) in [6.45, 7) is 7.68. The first-order valence-electron chi connectivity index (χ1n) is 6.42. The van der Waals surface area contributed by atoms with Crippen LogP contribution >= 0.6 is 0 Å². The zero-order valence-electron chi connectivity index (χ0n) is 11.2. The highest BCUT2D eigenvalue weighted by Crippen LogP contribution is 2.18. The molecule has 18 heavy (non-hydrogen) atoms. The molecule has 0 spiro atoms. The molecular weight excluding hydrogens is 226 g/mol. The van der Waals surface area contributed by atoms with Gasteiger partial charge in [0.2, 0.25) is 5.91 Å². The van der Waals surface area contributed by atoms with E-state index >= 15 is 0 Å². The van der Waals surface area contributed by atoms with E-state index in [9.17, 15) is 4.79 Å². The SMILES string of the molecule is Cc1cccc(NC(=O)C2CNC(C)CN2)c1C. The first-order chi connectivity index (χ1) is 8.58. The molecule has 4 nitrogen and oxygen atoms in total. The van der Waals surface area contributed by atoms with Crippen molar-refractivity contribution >= 4 is 11.6 Å². The van der Waals surface area contributed by atoms with Gasteiger partial charge in [-0.25, -0.2) is 0 Å². The van der Waals surface area contributed by atoms with E-state index in [4.69, 9.17) is 0 Å². The molecule has 1 heterocycles. The van der Waals surface area contributed by atoms with E-state index in [1.54, 1.807) is 0 Å². The van der Waals surface area contributed by atoms with Crippen LogP contribution in [0.4, 0.5) is 5.69 Å². The van der Waals surface area contributed by atoms with Crippen LogP contribution in [-0.2, 0) is 4.79 Å². The minimum Gasteiger partial charge on any atom is -0.324 e. The van der Waals surface area contributed by atoms with Crippen LogP contribution in [0.1, 0.15) is 18.1 Å². The number of carbonyl (C=O) groups excluding carboxylic acids is 1. The molecule has 1 saturated heterocycles. The first-order valence-corrected chi connectivity index (χ1v) is 6.42. The molecule has 98 valence electrons. The van der Waals surface area contributed by atoms with Crippen molar-refractivity contribution in [3.8, 4) is 0 Å². The second-order valence-electron chi connectivity index (χ2n) is 5.01. The topological polar surface area (TPSA) is 53.2 Å². The van der Waals surface area contributed by atoms with Crippen molar-refractivity contribution in [2.24, 2.45) is 0 Å². The van der Waals surface area contributed by atoms with Crippen molar-refractivity contribution in [2.75, 3.05) is 18.4 Å². The Labute approximate surface area is 108 Å². The summed E-state index contributed by atoms with van der Waals surface area (Å²) in [7, 11) is 0. The van der Waals surface area contributed by atoms with E-state index in [1.165, 1.54) is 5.56 Å². The van der Waals surface area contributed by atoms with Crippen LogP contribution in [0.25, 0.3) is 0 Å². The van der Waals surface area contributed by atoms with Gasteiger partial charge in [0.25, 0.3) is 0 Å². The number of aryl methyl sites for hydroxylation is 1. The van der Waals surface area contributed by atoms with Crippen LogP contribution in [0, 0.1) is 13.8 Å². The Bertz CT molecular complexity index is 437. The Hall–Kier alpha value is -1.39. The lowest BCUT2D eigenvalue weighted by Gasteiger charge is -2.28. The van der Waals surface area contributed by atoms with Gasteiger partial charge in [-0.05, 0) is 38.0 Å². The number of hydrogen-bond donors (Lipinski definition) is 3. The molecule has 0 aliphatic carbocycles. The molecular formula is C14H21N3O. The van der Waals surface area contributed by atoms with Crippen LogP contribution in [0.5, 0.6) is 0 Å². The van der Waals surface area contributed by atoms with Gasteiger partial charge in [0.1, 0.15) is 0 Å². The second-order valence-corrected chi connectivity index (χ2v) is 5.01. The fourth-order valence-corrected chi connectivity index (χ4v) is 2.07. The van der Waals surface area contributed by atoms with E-state index in [1.807, 2.05) is 32.0 Å². The molecule has 1 aliphatic rings. The van der Waals surface area contributed by atoms with E-state index in [-0.39, 0.29) is 11.9 Å². The van der Waals surface area contributed by atoms with Crippen molar-refractivity contribution in [1.82, 2.24) is 10.6 Å². The molecule has 0 radical (unpaired) electrons. The third-order valence-corrected chi connectivity index (χ3v) is 3.52. The van der Waals surface area contributed by atoms with E-state index < -0.39 is 0 Å². The Kier molecular flexibility index (Phi) is 3.99. The predicted molar refractivity (Wildman–Crippen MR) is 73.8 cm³/mol. The van der Waals surface area contributed by atoms with Crippen molar-refractivity contribution in [3.05, 3.63) is 29.3 Å². The number of hydrogen-bond acceptors (Lipinski definition) is 3. The van der Waals surface area contributed by atoms with E-state index in [2.05, 4.69) is 22.9 Å². The van der Waals surface area contributed by atoms with Crippen LogP contribution in [0.2, 0.25) is 0 Å². The normalized spacial score (nSPS) is 23.7.